The van der Waals surface area contributed by atoms with Crippen LogP contribution in [0, 0.1) is 0 Å². The minimum atomic E-state index is -0.535. The summed E-state index contributed by atoms with van der Waals surface area (Å²) in [7, 11) is 1.85. The molecule has 0 spiro atoms. The van der Waals surface area contributed by atoms with E-state index in [0.717, 1.165) is 29.7 Å². The van der Waals surface area contributed by atoms with E-state index in [2.05, 4.69) is 25.1 Å². The van der Waals surface area contributed by atoms with Crippen LogP contribution in [0.2, 0.25) is 0 Å². The van der Waals surface area contributed by atoms with Gasteiger partial charge in [-0.2, -0.15) is 10.2 Å². The number of aliphatic imine (C=N–C) groups is 1. The van der Waals surface area contributed by atoms with Crippen molar-refractivity contribution >= 4 is 17.3 Å². The fraction of sp³-hybridized carbons (Fsp3) is 0.235. The zero-order valence-corrected chi connectivity index (χ0v) is 14.2. The number of primary amides is 1. The van der Waals surface area contributed by atoms with Gasteiger partial charge in [0, 0.05) is 37.7 Å². The van der Waals surface area contributed by atoms with Crippen molar-refractivity contribution in [3.05, 3.63) is 60.5 Å². The Bertz CT molecular complexity index is 1010. The first-order chi connectivity index (χ1) is 12.6. The van der Waals surface area contributed by atoms with Crippen LogP contribution in [0.1, 0.15) is 17.3 Å². The van der Waals surface area contributed by atoms with Gasteiger partial charge >= 0.3 is 0 Å². The summed E-state index contributed by atoms with van der Waals surface area (Å²) in [6, 6.07) is 4.03. The van der Waals surface area contributed by atoms with Gasteiger partial charge in [-0.1, -0.05) is 0 Å². The molecule has 9 nitrogen and oxygen atoms in total. The predicted molar refractivity (Wildman–Crippen MR) is 95.1 cm³/mol. The molecule has 1 amide bonds. The molecule has 3 aromatic heterocycles. The fourth-order valence-corrected chi connectivity index (χ4v) is 2.95. The van der Waals surface area contributed by atoms with Crippen LogP contribution in [0.25, 0.3) is 5.65 Å². The molecule has 1 atom stereocenters. The molecular formula is C17H18N8O. The van der Waals surface area contributed by atoms with E-state index in [1.807, 2.05) is 37.8 Å². The molecule has 26 heavy (non-hydrogen) atoms. The van der Waals surface area contributed by atoms with Crippen molar-refractivity contribution in [2.45, 2.75) is 12.6 Å². The molecule has 1 aliphatic heterocycles. The van der Waals surface area contributed by atoms with E-state index in [4.69, 9.17) is 5.73 Å². The summed E-state index contributed by atoms with van der Waals surface area (Å²) >= 11 is 0. The van der Waals surface area contributed by atoms with Gasteiger partial charge in [0.15, 0.2) is 11.8 Å². The van der Waals surface area contributed by atoms with E-state index < -0.39 is 5.91 Å². The third-order valence-corrected chi connectivity index (χ3v) is 4.28. The van der Waals surface area contributed by atoms with E-state index in [0.29, 0.717) is 0 Å². The lowest BCUT2D eigenvalue weighted by atomic mass is 10.1. The molecule has 0 bridgehead atoms. The number of aryl methyl sites for hydroxylation is 1. The first kappa shape index (κ1) is 16.0. The summed E-state index contributed by atoms with van der Waals surface area (Å²) in [4.78, 5) is 22.3. The highest BCUT2D eigenvalue weighted by molar-refractivity contribution is 6.43. The number of carbonyl (C=O) groups is 1. The Hall–Kier alpha value is -3.49. The molecule has 0 saturated heterocycles. The van der Waals surface area contributed by atoms with Crippen LogP contribution in [0.4, 0.5) is 0 Å². The van der Waals surface area contributed by atoms with Crippen molar-refractivity contribution in [3.63, 3.8) is 0 Å². The third kappa shape index (κ3) is 3.06. The van der Waals surface area contributed by atoms with Gasteiger partial charge in [-0.25, -0.2) is 14.5 Å². The lowest BCUT2D eigenvalue weighted by molar-refractivity contribution is -0.112. The van der Waals surface area contributed by atoms with Crippen LogP contribution in [-0.4, -0.2) is 47.4 Å². The average molecular weight is 350 g/mol. The highest BCUT2D eigenvalue weighted by Gasteiger charge is 2.23. The Morgan fingerprint density at radius 3 is 3.00 bits per heavy atom. The molecule has 3 aromatic rings. The van der Waals surface area contributed by atoms with Gasteiger partial charge in [-0.15, -0.1) is 0 Å². The van der Waals surface area contributed by atoms with Gasteiger partial charge in [0.05, 0.1) is 6.20 Å². The molecule has 0 aliphatic carbocycles. The van der Waals surface area contributed by atoms with Gasteiger partial charge in [0.2, 0.25) is 0 Å². The van der Waals surface area contributed by atoms with E-state index in [1.165, 1.54) is 6.33 Å². The maximum absolute atomic E-state index is 11.5. The number of hydrogen-bond donors (Lipinski definition) is 1. The number of nitrogens with zero attached hydrogens (tertiary/aromatic N) is 7. The lowest BCUT2D eigenvalue weighted by Gasteiger charge is -2.30. The second kappa shape index (κ2) is 6.43. The molecule has 0 aromatic carbocycles. The smallest absolute Gasteiger partial charge is 0.267 e. The third-order valence-electron chi connectivity index (χ3n) is 4.28. The quantitative estimate of drug-likeness (QED) is 0.719. The highest BCUT2D eigenvalue weighted by Crippen LogP contribution is 2.25. The van der Waals surface area contributed by atoms with Crippen molar-refractivity contribution in [1.82, 2.24) is 29.3 Å². The molecule has 0 fully saturated rings. The second-order valence-corrected chi connectivity index (χ2v) is 6.10. The van der Waals surface area contributed by atoms with Gasteiger partial charge < -0.3 is 10.6 Å². The summed E-state index contributed by atoms with van der Waals surface area (Å²) in [6.45, 7) is 0.718. The minimum absolute atomic E-state index is 0.264. The van der Waals surface area contributed by atoms with Gasteiger partial charge in [0.25, 0.3) is 5.91 Å². The van der Waals surface area contributed by atoms with Crippen molar-refractivity contribution in [2.75, 3.05) is 6.54 Å². The molecule has 1 unspecified atom stereocenters. The van der Waals surface area contributed by atoms with E-state index in [-0.39, 0.29) is 11.9 Å². The Kier molecular flexibility index (Phi) is 3.96. The summed E-state index contributed by atoms with van der Waals surface area (Å²) in [5, 5.41) is 8.31. The molecule has 9 heteroatoms. The molecule has 0 saturated carbocycles. The van der Waals surface area contributed by atoms with Crippen molar-refractivity contribution in [1.29, 1.82) is 0 Å². The molecule has 4 rings (SSSR count). The first-order valence-electron chi connectivity index (χ1n) is 8.18. The summed E-state index contributed by atoms with van der Waals surface area (Å²) in [5.74, 6) is -0.535. The molecule has 2 N–H and O–H groups in total. The largest absolute Gasteiger partial charge is 0.364 e. The number of rotatable bonds is 5. The van der Waals surface area contributed by atoms with Crippen LogP contribution >= 0.6 is 0 Å². The Balaban J connectivity index is 1.55. The molecule has 0 radical (unpaired) electrons. The van der Waals surface area contributed by atoms with Crippen LogP contribution in [0.5, 0.6) is 0 Å². The number of nitrogens with two attached hydrogens (primary N) is 1. The van der Waals surface area contributed by atoms with Crippen molar-refractivity contribution in [2.24, 2.45) is 17.8 Å². The number of pyridine rings is 1. The monoisotopic (exact) mass is 350 g/mol. The minimum Gasteiger partial charge on any atom is -0.364 e. The first-order valence-corrected chi connectivity index (χ1v) is 8.18. The maximum atomic E-state index is 11.5. The maximum Gasteiger partial charge on any atom is 0.267 e. The van der Waals surface area contributed by atoms with Crippen LogP contribution < -0.4 is 5.73 Å². The standard InChI is InChI=1S/C17H18N8O/c1-23-10-13(9-20-23)17-22-14(16(18)26)4-6-24(17)5-2-12-3-7-25-15(8-12)19-11-21-25/h3-4,6-11,17H,2,5H2,1H3,(H2,18,26). The number of fused-ring (bicyclic) bond motifs is 1. The molecular weight excluding hydrogens is 332 g/mol. The van der Waals surface area contributed by atoms with Gasteiger partial charge in [-0.05, 0) is 30.2 Å². The molecule has 4 heterocycles. The summed E-state index contributed by atoms with van der Waals surface area (Å²) in [5.41, 5.74) is 8.52. The highest BCUT2D eigenvalue weighted by atomic mass is 16.1. The lowest BCUT2D eigenvalue weighted by Crippen LogP contribution is -2.32. The number of carbonyl (C=O) groups excluding carboxylic acids is 1. The van der Waals surface area contributed by atoms with Gasteiger partial charge in [-0.3, -0.25) is 9.48 Å². The summed E-state index contributed by atoms with van der Waals surface area (Å²) in [6.07, 6.45) is 11.1. The van der Waals surface area contributed by atoms with Gasteiger partial charge in [0.1, 0.15) is 12.0 Å². The van der Waals surface area contributed by atoms with Crippen molar-refractivity contribution in [3.8, 4) is 0 Å². The summed E-state index contributed by atoms with van der Waals surface area (Å²) < 4.78 is 3.44. The molecule has 1 aliphatic rings. The Morgan fingerprint density at radius 1 is 1.35 bits per heavy atom. The predicted octanol–water partition coefficient (Wildman–Crippen LogP) is 0.460. The van der Waals surface area contributed by atoms with Crippen molar-refractivity contribution < 1.29 is 4.79 Å². The Morgan fingerprint density at radius 2 is 2.23 bits per heavy atom. The van der Waals surface area contributed by atoms with Crippen LogP contribution in [0.15, 0.2) is 54.3 Å². The van der Waals surface area contributed by atoms with E-state index in [1.54, 1.807) is 21.5 Å². The normalized spacial score (nSPS) is 16.9. The molecule has 132 valence electrons. The topological polar surface area (TPSA) is 107 Å². The van der Waals surface area contributed by atoms with Crippen LogP contribution in [-0.2, 0) is 18.3 Å². The number of aromatic nitrogens is 5. The number of hydrogen-bond acceptors (Lipinski definition) is 6. The zero-order valence-electron chi connectivity index (χ0n) is 14.2. The van der Waals surface area contributed by atoms with E-state index >= 15 is 0 Å². The second-order valence-electron chi connectivity index (χ2n) is 6.10. The number of amides is 1. The fourth-order valence-electron chi connectivity index (χ4n) is 2.95. The van der Waals surface area contributed by atoms with Crippen LogP contribution in [0.3, 0.4) is 0 Å². The van der Waals surface area contributed by atoms with E-state index in [9.17, 15) is 4.79 Å². The Labute approximate surface area is 149 Å². The SMILES string of the molecule is Cn1cc(C2N=C(C(N)=O)C=CN2CCc2ccn3ncnc3c2)cn1. The average Bonchev–Trinajstić information content (AvgIpc) is 3.28. The zero-order chi connectivity index (χ0) is 18.1.